The topological polar surface area (TPSA) is 98.7 Å². The molecule has 4 heterocycles. The van der Waals surface area contributed by atoms with Gasteiger partial charge < -0.3 is 14.7 Å². The fourth-order valence-corrected chi connectivity index (χ4v) is 5.92. The highest BCUT2D eigenvalue weighted by atomic mass is 32.2. The lowest BCUT2D eigenvalue weighted by Crippen LogP contribution is -2.34. The van der Waals surface area contributed by atoms with Gasteiger partial charge in [0, 0.05) is 62.4 Å². The van der Waals surface area contributed by atoms with Crippen LogP contribution in [0.15, 0.2) is 71.6 Å². The molecule has 192 valence electrons. The molecule has 0 saturated carbocycles. The summed E-state index contributed by atoms with van der Waals surface area (Å²) in [7, 11) is 1.94. The summed E-state index contributed by atoms with van der Waals surface area (Å²) in [6.07, 6.45) is 1.63. The van der Waals surface area contributed by atoms with Crippen molar-refractivity contribution in [2.24, 2.45) is 11.8 Å². The van der Waals surface area contributed by atoms with E-state index in [9.17, 15) is 14.4 Å². The molecule has 1 aromatic heterocycles. The molecule has 3 aliphatic rings. The van der Waals surface area contributed by atoms with Gasteiger partial charge in [-0.3, -0.25) is 19.7 Å². The van der Waals surface area contributed by atoms with Gasteiger partial charge >= 0.3 is 0 Å². The number of hydrogen-bond donors (Lipinski definition) is 1. The summed E-state index contributed by atoms with van der Waals surface area (Å²) in [5.41, 5.74) is 2.24. The molecule has 3 amide bonds. The van der Waals surface area contributed by atoms with Crippen molar-refractivity contribution in [2.75, 3.05) is 43.0 Å². The number of likely N-dealkylation sites (tertiary alicyclic amines) is 1. The lowest BCUT2D eigenvalue weighted by molar-refractivity contribution is -0.115. The van der Waals surface area contributed by atoms with Gasteiger partial charge in [-0.05, 0) is 42.1 Å². The lowest BCUT2D eigenvalue weighted by atomic mass is 10.0. The highest BCUT2D eigenvalue weighted by Crippen LogP contribution is 2.35. The van der Waals surface area contributed by atoms with Crippen LogP contribution < -0.4 is 15.1 Å². The molecule has 10 heteroatoms. The number of nitrogens with one attached hydrogen (secondary N) is 1. The number of imide groups is 1. The molecule has 2 atom stereocenters. The minimum absolute atomic E-state index is 0.0741. The Labute approximate surface area is 224 Å². The van der Waals surface area contributed by atoms with Gasteiger partial charge in [-0.1, -0.05) is 36.4 Å². The zero-order chi connectivity index (χ0) is 26.2. The van der Waals surface area contributed by atoms with E-state index in [2.05, 4.69) is 10.2 Å². The quantitative estimate of drug-likeness (QED) is 0.502. The molecule has 9 nitrogen and oxygen atoms in total. The van der Waals surface area contributed by atoms with Crippen LogP contribution in [-0.4, -0.2) is 65.1 Å². The number of hydrogen-bond acceptors (Lipinski definition) is 8. The average molecular weight is 527 g/mol. The molecule has 0 bridgehead atoms. The maximum Gasteiger partial charge on any atom is 0.290 e. The fraction of sp³-hybridized carbons (Fsp3) is 0.250. The molecule has 3 fully saturated rings. The Bertz CT molecular complexity index is 1420. The van der Waals surface area contributed by atoms with Crippen molar-refractivity contribution in [3.8, 4) is 0 Å². The number of benzene rings is 2. The van der Waals surface area contributed by atoms with Gasteiger partial charge in [-0.25, -0.2) is 4.98 Å². The van der Waals surface area contributed by atoms with E-state index < -0.39 is 5.91 Å². The monoisotopic (exact) mass is 526 g/mol. The van der Waals surface area contributed by atoms with E-state index >= 15 is 0 Å². The number of amides is 3. The molecule has 3 aromatic rings. The van der Waals surface area contributed by atoms with Crippen LogP contribution in [0.4, 0.5) is 22.2 Å². The second kappa shape index (κ2) is 9.94. The molecule has 0 spiro atoms. The van der Waals surface area contributed by atoms with Crippen LogP contribution >= 0.6 is 11.8 Å². The first kappa shape index (κ1) is 24.2. The number of fused-ring (bicyclic) bond motifs is 1. The molecule has 38 heavy (non-hydrogen) atoms. The van der Waals surface area contributed by atoms with Gasteiger partial charge in [-0.15, -0.1) is 0 Å². The third-order valence-corrected chi connectivity index (χ3v) is 8.02. The van der Waals surface area contributed by atoms with Gasteiger partial charge in [0.2, 0.25) is 5.95 Å². The molecule has 2 aromatic carbocycles. The summed E-state index contributed by atoms with van der Waals surface area (Å²) in [4.78, 5) is 52.9. The SMILES string of the molecule is CN(c1ccccc1)c1cc(/C=C2/SC(=O)NC2=O)nc(N2CC3CN(C(=O)c4ccccc4)CC3C2)n1. The number of rotatable bonds is 5. The molecule has 3 saturated heterocycles. The maximum atomic E-state index is 13.0. The minimum atomic E-state index is -0.419. The first-order valence-electron chi connectivity index (χ1n) is 12.5. The van der Waals surface area contributed by atoms with Crippen LogP contribution in [0.1, 0.15) is 16.1 Å². The molecule has 6 rings (SSSR count). The Morgan fingerprint density at radius 1 is 0.974 bits per heavy atom. The number of anilines is 3. The zero-order valence-electron chi connectivity index (χ0n) is 20.8. The summed E-state index contributed by atoms with van der Waals surface area (Å²) in [6.45, 7) is 2.89. The largest absolute Gasteiger partial charge is 0.340 e. The fourth-order valence-electron chi connectivity index (χ4n) is 5.25. The van der Waals surface area contributed by atoms with Gasteiger partial charge in [0.15, 0.2) is 0 Å². The third kappa shape index (κ3) is 4.74. The van der Waals surface area contributed by atoms with E-state index in [-0.39, 0.29) is 11.1 Å². The number of carbonyl (C=O) groups is 3. The van der Waals surface area contributed by atoms with Crippen LogP contribution in [0.25, 0.3) is 6.08 Å². The number of carbonyl (C=O) groups excluding carboxylic acids is 3. The van der Waals surface area contributed by atoms with E-state index in [0.717, 1.165) is 30.5 Å². The van der Waals surface area contributed by atoms with Gasteiger partial charge in [0.1, 0.15) is 5.82 Å². The minimum Gasteiger partial charge on any atom is -0.340 e. The number of aromatic nitrogens is 2. The van der Waals surface area contributed by atoms with Gasteiger partial charge in [-0.2, -0.15) is 4.98 Å². The highest BCUT2D eigenvalue weighted by Gasteiger charge is 2.42. The molecule has 0 radical (unpaired) electrons. The Morgan fingerprint density at radius 3 is 2.26 bits per heavy atom. The number of thioether (sulfide) groups is 1. The molecule has 3 aliphatic heterocycles. The lowest BCUT2D eigenvalue weighted by Gasteiger charge is -2.24. The number of nitrogens with zero attached hydrogens (tertiary/aromatic N) is 5. The predicted octanol–water partition coefficient (Wildman–Crippen LogP) is 3.78. The molecule has 1 N–H and O–H groups in total. The number of para-hydroxylation sites is 1. The van der Waals surface area contributed by atoms with E-state index in [1.165, 1.54) is 0 Å². The summed E-state index contributed by atoms with van der Waals surface area (Å²) < 4.78 is 0. The van der Waals surface area contributed by atoms with Gasteiger partial charge in [0.25, 0.3) is 17.1 Å². The second-order valence-electron chi connectivity index (χ2n) is 9.70. The van der Waals surface area contributed by atoms with Crippen LogP contribution in [-0.2, 0) is 4.79 Å². The average Bonchev–Trinajstić information content (AvgIpc) is 3.61. The Balaban J connectivity index is 1.26. The zero-order valence-corrected chi connectivity index (χ0v) is 21.6. The first-order chi connectivity index (χ1) is 18.4. The normalized spacial score (nSPS) is 21.7. The van der Waals surface area contributed by atoms with E-state index in [0.29, 0.717) is 52.9 Å². The molecule has 2 unspecified atom stereocenters. The van der Waals surface area contributed by atoms with Crippen LogP contribution in [0, 0.1) is 11.8 Å². The van der Waals surface area contributed by atoms with Crippen molar-refractivity contribution in [1.29, 1.82) is 0 Å². The standard InChI is InChI=1S/C28H26N6O3S/c1-32(22-10-6-3-7-11-22)24-13-21(12-23-25(35)31-28(37)38-23)29-27(30-24)34-16-19-14-33(15-20(19)17-34)26(36)18-8-4-2-5-9-18/h2-13,19-20H,14-17H2,1H3,(H,31,35,37)/b23-12+. The Morgan fingerprint density at radius 2 is 1.63 bits per heavy atom. The summed E-state index contributed by atoms with van der Waals surface area (Å²) in [5, 5.41) is 1.90. The van der Waals surface area contributed by atoms with Crippen molar-refractivity contribution in [3.05, 3.63) is 82.9 Å². The Kier molecular flexibility index (Phi) is 6.32. The predicted molar refractivity (Wildman–Crippen MR) is 147 cm³/mol. The maximum absolute atomic E-state index is 13.0. The summed E-state index contributed by atoms with van der Waals surface area (Å²) >= 11 is 0.868. The van der Waals surface area contributed by atoms with Crippen molar-refractivity contribution in [2.45, 2.75) is 0 Å². The van der Waals surface area contributed by atoms with Crippen molar-refractivity contribution >= 4 is 52.3 Å². The second-order valence-corrected chi connectivity index (χ2v) is 10.7. The van der Waals surface area contributed by atoms with Crippen molar-refractivity contribution in [3.63, 3.8) is 0 Å². The van der Waals surface area contributed by atoms with Crippen LogP contribution in [0.3, 0.4) is 0 Å². The van der Waals surface area contributed by atoms with E-state index in [1.54, 1.807) is 6.08 Å². The van der Waals surface area contributed by atoms with Crippen LogP contribution in [0.2, 0.25) is 0 Å². The Hall–Kier alpha value is -4.18. The first-order valence-corrected chi connectivity index (χ1v) is 13.3. The van der Waals surface area contributed by atoms with E-state index in [4.69, 9.17) is 9.97 Å². The van der Waals surface area contributed by atoms with Crippen LogP contribution in [0.5, 0.6) is 0 Å². The highest BCUT2D eigenvalue weighted by molar-refractivity contribution is 8.18. The van der Waals surface area contributed by atoms with Crippen molar-refractivity contribution < 1.29 is 14.4 Å². The molecular weight excluding hydrogens is 500 g/mol. The molecular formula is C28H26N6O3S. The van der Waals surface area contributed by atoms with Crippen molar-refractivity contribution in [1.82, 2.24) is 20.2 Å². The smallest absolute Gasteiger partial charge is 0.290 e. The molecule has 0 aliphatic carbocycles. The summed E-state index contributed by atoms with van der Waals surface area (Å²) in [6, 6.07) is 21.1. The third-order valence-electron chi connectivity index (χ3n) is 7.21. The summed E-state index contributed by atoms with van der Waals surface area (Å²) in [5.74, 6) is 1.57. The van der Waals surface area contributed by atoms with E-state index in [1.807, 2.05) is 83.6 Å². The van der Waals surface area contributed by atoms with Gasteiger partial charge in [0.05, 0.1) is 10.6 Å².